The van der Waals surface area contributed by atoms with Crippen molar-refractivity contribution in [3.05, 3.63) is 35.4 Å². The van der Waals surface area contributed by atoms with Gasteiger partial charge in [0, 0.05) is 11.1 Å². The van der Waals surface area contributed by atoms with Crippen molar-refractivity contribution in [2.45, 2.75) is 126 Å². The van der Waals surface area contributed by atoms with Crippen molar-refractivity contribution in [3.8, 4) is 0 Å². The highest BCUT2D eigenvalue weighted by Gasteiger charge is 2.77. The van der Waals surface area contributed by atoms with E-state index in [9.17, 15) is 88.6 Å². The van der Waals surface area contributed by atoms with Gasteiger partial charge >= 0.3 is 37.1 Å². The molecule has 0 aliphatic heterocycles. The van der Waals surface area contributed by atoms with Crippen LogP contribution >= 0.6 is 0 Å². The standard InChI is InChI=1S/C21H30F6O4.C12H6F12O2/c1-13(28)11-30-17-7-3-15(4-8-17)19(20(22,23)24,21(25,26)27)16-5-9-18(10-6-16)31-12-14(2)29;13-9(14,15)7(25,10(16,17)18)5-1-2-6(4-3-5)8(26,11(19,20)21)12(22,23)24/h15-18H,3-12H2,1-2H3;1-4,25-26H. The number of carbonyl (C=O) groups is 2. The first-order valence-corrected chi connectivity index (χ1v) is 16.7. The summed E-state index contributed by atoms with van der Waals surface area (Å²) in [6.45, 7) is 2.23. The Labute approximate surface area is 311 Å². The fraction of sp³-hybridized carbons (Fsp3) is 0.758. The van der Waals surface area contributed by atoms with Gasteiger partial charge in [-0.2, -0.15) is 79.0 Å². The lowest BCUT2D eigenvalue weighted by Crippen LogP contribution is -2.61. The number of alkyl halides is 18. The molecule has 2 aliphatic rings. The molecule has 2 N–H and O–H groups in total. The first kappa shape index (κ1) is 50.3. The second-order valence-electron chi connectivity index (χ2n) is 13.8. The van der Waals surface area contributed by atoms with E-state index < -0.39 is 113 Å². The maximum atomic E-state index is 14.3. The zero-order valence-corrected chi connectivity index (χ0v) is 29.5. The SMILES string of the molecule is CC(=O)COC1CCC(C(C2CCC(OCC(C)=O)CC2)(C(F)(F)F)C(F)(F)F)CC1.OC(c1ccc(C(O)(C(F)(F)F)C(F)(F)F)cc1)(C(F)(F)F)C(F)(F)F. The molecule has 1 aromatic rings. The number of benzene rings is 1. The van der Waals surface area contributed by atoms with Gasteiger partial charge < -0.3 is 19.7 Å². The summed E-state index contributed by atoms with van der Waals surface area (Å²) in [4.78, 5) is 22.1. The fourth-order valence-electron chi connectivity index (χ4n) is 7.19. The zero-order chi connectivity index (χ0) is 44.4. The molecular formula is C33H36F18O6. The van der Waals surface area contributed by atoms with Crippen molar-refractivity contribution >= 4 is 11.6 Å². The van der Waals surface area contributed by atoms with E-state index in [4.69, 9.17) is 19.7 Å². The van der Waals surface area contributed by atoms with E-state index in [2.05, 4.69) is 0 Å². The molecule has 0 heterocycles. The molecule has 0 amide bonds. The summed E-state index contributed by atoms with van der Waals surface area (Å²) in [5, 5.41) is 18.0. The third-order valence-corrected chi connectivity index (χ3v) is 9.98. The van der Waals surface area contributed by atoms with Crippen LogP contribution in [0.2, 0.25) is 0 Å². The summed E-state index contributed by atoms with van der Waals surface area (Å²) in [7, 11) is 0. The monoisotopic (exact) mass is 870 g/mol. The molecule has 0 saturated heterocycles. The van der Waals surface area contributed by atoms with Crippen LogP contribution in [-0.2, 0) is 30.3 Å². The molecule has 2 saturated carbocycles. The largest absolute Gasteiger partial charge is 0.430 e. The van der Waals surface area contributed by atoms with Gasteiger partial charge in [-0.1, -0.05) is 24.3 Å². The molecule has 0 radical (unpaired) electrons. The third kappa shape index (κ3) is 10.5. The predicted molar refractivity (Wildman–Crippen MR) is 158 cm³/mol. The molecule has 2 fully saturated rings. The minimum atomic E-state index is -6.39. The Morgan fingerprint density at radius 3 is 0.877 bits per heavy atom. The first-order valence-electron chi connectivity index (χ1n) is 16.7. The summed E-state index contributed by atoms with van der Waals surface area (Å²) in [6, 6.07) is -1.78. The fourth-order valence-corrected chi connectivity index (χ4v) is 7.19. The highest BCUT2D eigenvalue weighted by Crippen LogP contribution is 2.65. The van der Waals surface area contributed by atoms with E-state index in [-0.39, 0.29) is 76.1 Å². The lowest BCUT2D eigenvalue weighted by Gasteiger charge is -2.51. The van der Waals surface area contributed by atoms with Crippen molar-refractivity contribution in [3.63, 3.8) is 0 Å². The predicted octanol–water partition coefficient (Wildman–Crippen LogP) is 9.74. The smallest absolute Gasteiger partial charge is 0.370 e. The van der Waals surface area contributed by atoms with Gasteiger partial charge in [0.25, 0.3) is 11.2 Å². The maximum absolute atomic E-state index is 14.3. The number of hydrogen-bond donors (Lipinski definition) is 2. The van der Waals surface area contributed by atoms with Crippen LogP contribution in [0.5, 0.6) is 0 Å². The Balaban J connectivity index is 0.000000400. The minimum Gasteiger partial charge on any atom is -0.370 e. The van der Waals surface area contributed by atoms with E-state index in [0.29, 0.717) is 0 Å². The van der Waals surface area contributed by atoms with Crippen LogP contribution < -0.4 is 0 Å². The van der Waals surface area contributed by atoms with Crippen LogP contribution in [-0.4, -0.2) is 84.3 Å². The van der Waals surface area contributed by atoms with Gasteiger partial charge in [0.2, 0.25) is 0 Å². The lowest BCUT2D eigenvalue weighted by atomic mass is 9.57. The molecular weight excluding hydrogens is 834 g/mol. The van der Waals surface area contributed by atoms with E-state index in [1.807, 2.05) is 0 Å². The molecule has 0 unspecified atom stereocenters. The van der Waals surface area contributed by atoms with Gasteiger partial charge in [0.15, 0.2) is 17.0 Å². The van der Waals surface area contributed by atoms with Crippen LogP contribution in [0, 0.1) is 17.3 Å². The van der Waals surface area contributed by atoms with Crippen molar-refractivity contribution in [2.75, 3.05) is 13.2 Å². The van der Waals surface area contributed by atoms with Crippen molar-refractivity contribution in [2.24, 2.45) is 17.3 Å². The second-order valence-corrected chi connectivity index (χ2v) is 13.8. The number of carbonyl (C=O) groups excluding carboxylic acids is 2. The average Bonchev–Trinajstić information content (AvgIpc) is 3.04. The van der Waals surface area contributed by atoms with Gasteiger partial charge in [-0.3, -0.25) is 9.59 Å². The Morgan fingerprint density at radius 2 is 0.702 bits per heavy atom. The Bertz CT molecular complexity index is 1340. The molecule has 24 heteroatoms. The van der Waals surface area contributed by atoms with Crippen molar-refractivity contribution < 1.29 is 108 Å². The lowest BCUT2D eigenvalue weighted by molar-refractivity contribution is -0.383. The molecule has 0 bridgehead atoms. The van der Waals surface area contributed by atoms with Gasteiger partial charge in [-0.25, -0.2) is 0 Å². The Hall–Kier alpha value is -2.86. The normalized spacial score (nSPS) is 22.4. The van der Waals surface area contributed by atoms with E-state index in [1.165, 1.54) is 13.8 Å². The Kier molecular flexibility index (Phi) is 15.3. The topological polar surface area (TPSA) is 93.1 Å². The molecule has 57 heavy (non-hydrogen) atoms. The van der Waals surface area contributed by atoms with Crippen LogP contribution in [0.25, 0.3) is 0 Å². The number of rotatable bonds is 10. The summed E-state index contributed by atoms with van der Waals surface area (Å²) < 4.78 is 248. The van der Waals surface area contributed by atoms with Crippen molar-refractivity contribution in [1.29, 1.82) is 0 Å². The molecule has 2 aliphatic carbocycles. The van der Waals surface area contributed by atoms with Gasteiger partial charge in [0.1, 0.15) is 13.2 Å². The quantitative estimate of drug-likeness (QED) is 0.228. The number of hydrogen-bond acceptors (Lipinski definition) is 6. The van der Waals surface area contributed by atoms with Gasteiger partial charge in [0.05, 0.1) is 12.2 Å². The van der Waals surface area contributed by atoms with Crippen LogP contribution in [0.1, 0.15) is 76.3 Å². The summed E-state index contributed by atoms with van der Waals surface area (Å²) in [5.41, 5.74) is -19.1. The van der Waals surface area contributed by atoms with Crippen molar-refractivity contribution in [1.82, 2.24) is 0 Å². The molecule has 3 rings (SSSR count). The van der Waals surface area contributed by atoms with E-state index >= 15 is 0 Å². The number of ketones is 2. The Morgan fingerprint density at radius 1 is 0.474 bits per heavy atom. The average molecular weight is 871 g/mol. The number of ether oxygens (including phenoxy) is 2. The number of Topliss-reactive ketones (excluding diaryl/α,β-unsaturated/α-hetero) is 2. The first-order chi connectivity index (χ1) is 25.5. The molecule has 0 spiro atoms. The summed E-state index contributed by atoms with van der Waals surface area (Å²) in [5.74, 6) is -3.68. The number of aliphatic hydroxyl groups is 2. The minimum absolute atomic E-state index is 0.0585. The molecule has 0 aromatic heterocycles. The zero-order valence-electron chi connectivity index (χ0n) is 29.5. The maximum Gasteiger partial charge on any atom is 0.430 e. The van der Waals surface area contributed by atoms with E-state index in [1.54, 1.807) is 0 Å². The van der Waals surface area contributed by atoms with Gasteiger partial charge in [-0.15, -0.1) is 0 Å². The molecule has 6 nitrogen and oxygen atoms in total. The molecule has 0 atom stereocenters. The highest BCUT2D eigenvalue weighted by atomic mass is 19.4. The highest BCUT2D eigenvalue weighted by molar-refractivity contribution is 5.77. The van der Waals surface area contributed by atoms with Crippen LogP contribution in [0.15, 0.2) is 24.3 Å². The second kappa shape index (κ2) is 17.4. The third-order valence-electron chi connectivity index (χ3n) is 9.98. The number of halogens is 18. The van der Waals surface area contributed by atoms with Gasteiger partial charge in [-0.05, 0) is 77.0 Å². The van der Waals surface area contributed by atoms with E-state index in [0.717, 1.165) is 0 Å². The van der Waals surface area contributed by atoms with Crippen LogP contribution in [0.3, 0.4) is 0 Å². The molecule has 1 aromatic carbocycles. The summed E-state index contributed by atoms with van der Waals surface area (Å²) in [6.07, 6.45) is -38.3. The summed E-state index contributed by atoms with van der Waals surface area (Å²) >= 11 is 0. The molecule has 330 valence electrons. The van der Waals surface area contributed by atoms with Crippen LogP contribution in [0.4, 0.5) is 79.0 Å².